The van der Waals surface area contributed by atoms with Gasteiger partial charge in [0.15, 0.2) is 0 Å². The topological polar surface area (TPSA) is 26.3 Å². The summed E-state index contributed by atoms with van der Waals surface area (Å²) in [6, 6.07) is 10.1. The molecule has 3 heteroatoms. The van der Waals surface area contributed by atoms with E-state index < -0.39 is 0 Å². The Morgan fingerprint density at radius 1 is 1.40 bits per heavy atom. The SMILES string of the molecule is C=C/C(=C\C=C/C)C(SCC(=O)OC)c1ccccc1. The summed E-state index contributed by atoms with van der Waals surface area (Å²) in [6.07, 6.45) is 7.80. The zero-order valence-electron chi connectivity index (χ0n) is 11.9. The number of hydrogen-bond acceptors (Lipinski definition) is 3. The minimum absolute atomic E-state index is 0.0731. The third-order valence-electron chi connectivity index (χ3n) is 2.72. The van der Waals surface area contributed by atoms with Gasteiger partial charge >= 0.3 is 5.97 Å². The van der Waals surface area contributed by atoms with Crippen molar-refractivity contribution in [2.24, 2.45) is 0 Å². The lowest BCUT2D eigenvalue weighted by Gasteiger charge is -2.17. The molecule has 20 heavy (non-hydrogen) atoms. The van der Waals surface area contributed by atoms with Crippen molar-refractivity contribution >= 4 is 17.7 Å². The van der Waals surface area contributed by atoms with Gasteiger partial charge in [0.05, 0.1) is 18.1 Å². The molecular formula is C17H20O2S. The molecule has 0 bridgehead atoms. The highest BCUT2D eigenvalue weighted by atomic mass is 32.2. The van der Waals surface area contributed by atoms with E-state index in [1.54, 1.807) is 11.8 Å². The second-order valence-electron chi connectivity index (χ2n) is 4.07. The molecule has 0 saturated carbocycles. The number of carbonyl (C=O) groups is 1. The summed E-state index contributed by atoms with van der Waals surface area (Å²) >= 11 is 1.54. The molecule has 106 valence electrons. The first-order valence-corrected chi connectivity index (χ1v) is 7.46. The van der Waals surface area contributed by atoms with Crippen LogP contribution < -0.4 is 0 Å². The molecule has 0 aliphatic rings. The van der Waals surface area contributed by atoms with Crippen molar-refractivity contribution in [3.05, 3.63) is 72.4 Å². The van der Waals surface area contributed by atoms with Crippen molar-refractivity contribution in [2.75, 3.05) is 12.9 Å². The maximum atomic E-state index is 11.4. The molecule has 2 nitrogen and oxygen atoms in total. The molecule has 0 saturated heterocycles. The summed E-state index contributed by atoms with van der Waals surface area (Å²) < 4.78 is 4.71. The maximum Gasteiger partial charge on any atom is 0.315 e. The summed E-state index contributed by atoms with van der Waals surface area (Å²) in [6.45, 7) is 5.84. The Labute approximate surface area is 125 Å². The quantitative estimate of drug-likeness (QED) is 0.552. The average molecular weight is 288 g/mol. The Morgan fingerprint density at radius 3 is 2.65 bits per heavy atom. The molecule has 1 aromatic carbocycles. The largest absolute Gasteiger partial charge is 0.468 e. The van der Waals surface area contributed by atoms with E-state index in [0.717, 1.165) is 11.1 Å². The van der Waals surface area contributed by atoms with Crippen molar-refractivity contribution in [2.45, 2.75) is 12.2 Å². The van der Waals surface area contributed by atoms with E-state index in [-0.39, 0.29) is 11.2 Å². The van der Waals surface area contributed by atoms with Crippen LogP contribution in [0.15, 0.2) is 66.8 Å². The van der Waals surface area contributed by atoms with Gasteiger partial charge in [0.2, 0.25) is 0 Å². The minimum Gasteiger partial charge on any atom is -0.468 e. The Kier molecular flexibility index (Phi) is 7.51. The van der Waals surface area contributed by atoms with Crippen LogP contribution in [0.4, 0.5) is 0 Å². The number of thioether (sulfide) groups is 1. The molecule has 0 N–H and O–H groups in total. The molecule has 0 radical (unpaired) electrons. The van der Waals surface area contributed by atoms with E-state index >= 15 is 0 Å². The first kappa shape index (κ1) is 16.3. The maximum absolute atomic E-state index is 11.4. The number of rotatable bonds is 7. The zero-order chi connectivity index (χ0) is 14.8. The minimum atomic E-state index is -0.217. The lowest BCUT2D eigenvalue weighted by Crippen LogP contribution is -2.07. The predicted molar refractivity (Wildman–Crippen MR) is 86.8 cm³/mol. The summed E-state index contributed by atoms with van der Waals surface area (Å²) in [5, 5.41) is 0.0731. The van der Waals surface area contributed by atoms with Crippen LogP contribution in [0, 0.1) is 0 Å². The second kappa shape index (κ2) is 9.21. The average Bonchev–Trinajstić information content (AvgIpc) is 2.51. The normalized spacial score (nSPS) is 13.2. The fourth-order valence-electron chi connectivity index (χ4n) is 1.69. The number of carbonyl (C=O) groups excluding carboxylic acids is 1. The fourth-order valence-corrected chi connectivity index (χ4v) is 2.83. The molecule has 0 spiro atoms. The van der Waals surface area contributed by atoms with E-state index in [2.05, 4.69) is 18.7 Å². The van der Waals surface area contributed by atoms with Gasteiger partial charge in [-0.3, -0.25) is 4.79 Å². The number of methoxy groups -OCH3 is 1. The molecule has 0 aromatic heterocycles. The van der Waals surface area contributed by atoms with E-state index in [9.17, 15) is 4.79 Å². The van der Waals surface area contributed by atoms with Crippen LogP contribution in [-0.4, -0.2) is 18.8 Å². The standard InChI is InChI=1S/C17H20O2S/c1-4-6-10-14(5-2)17(20-13-16(18)19-3)15-11-8-7-9-12-15/h4-12,17H,2,13H2,1,3H3/b6-4-,14-10+. The summed E-state index contributed by atoms with van der Waals surface area (Å²) in [5.74, 6) is 0.0993. The zero-order valence-corrected chi connectivity index (χ0v) is 12.7. The molecule has 1 aromatic rings. The molecule has 0 aliphatic carbocycles. The number of ether oxygens (including phenoxy) is 1. The predicted octanol–water partition coefficient (Wildman–Crippen LogP) is 4.32. The van der Waals surface area contributed by atoms with Crippen LogP contribution in [0.1, 0.15) is 17.7 Å². The van der Waals surface area contributed by atoms with Gasteiger partial charge in [0.25, 0.3) is 0 Å². The number of esters is 1. The first-order valence-electron chi connectivity index (χ1n) is 6.41. The van der Waals surface area contributed by atoms with Crippen molar-refractivity contribution in [1.82, 2.24) is 0 Å². The van der Waals surface area contributed by atoms with Crippen LogP contribution in [0.3, 0.4) is 0 Å². The highest BCUT2D eigenvalue weighted by molar-refractivity contribution is 8.00. The van der Waals surface area contributed by atoms with E-state index in [1.807, 2.05) is 49.4 Å². The van der Waals surface area contributed by atoms with Crippen LogP contribution in [0.5, 0.6) is 0 Å². The van der Waals surface area contributed by atoms with Gasteiger partial charge in [0.1, 0.15) is 0 Å². The second-order valence-corrected chi connectivity index (χ2v) is 5.17. The third kappa shape index (κ3) is 5.10. The molecule has 0 amide bonds. The van der Waals surface area contributed by atoms with Crippen LogP contribution in [0.2, 0.25) is 0 Å². The molecule has 1 rings (SSSR count). The molecule has 1 unspecified atom stereocenters. The summed E-state index contributed by atoms with van der Waals surface area (Å²) in [7, 11) is 1.41. The van der Waals surface area contributed by atoms with Crippen molar-refractivity contribution in [1.29, 1.82) is 0 Å². The van der Waals surface area contributed by atoms with Crippen molar-refractivity contribution in [3.8, 4) is 0 Å². The Balaban J connectivity index is 3.00. The van der Waals surface area contributed by atoms with E-state index in [1.165, 1.54) is 7.11 Å². The van der Waals surface area contributed by atoms with Gasteiger partial charge in [-0.2, -0.15) is 0 Å². The fraction of sp³-hybridized carbons (Fsp3) is 0.235. The summed E-state index contributed by atoms with van der Waals surface area (Å²) in [4.78, 5) is 11.4. The number of allylic oxidation sites excluding steroid dienone is 4. The van der Waals surface area contributed by atoms with Crippen LogP contribution >= 0.6 is 11.8 Å². The highest BCUT2D eigenvalue weighted by Crippen LogP contribution is 2.36. The molecule has 0 heterocycles. The third-order valence-corrected chi connectivity index (χ3v) is 4.00. The lowest BCUT2D eigenvalue weighted by molar-refractivity contribution is -0.137. The van der Waals surface area contributed by atoms with Gasteiger partial charge in [0, 0.05) is 0 Å². The molecule has 1 atom stereocenters. The van der Waals surface area contributed by atoms with Gasteiger partial charge in [-0.15, -0.1) is 11.8 Å². The summed E-state index contributed by atoms with van der Waals surface area (Å²) in [5.41, 5.74) is 2.22. The van der Waals surface area contributed by atoms with Gasteiger partial charge in [-0.25, -0.2) is 0 Å². The highest BCUT2D eigenvalue weighted by Gasteiger charge is 2.16. The number of hydrogen-bond donors (Lipinski definition) is 0. The van der Waals surface area contributed by atoms with Gasteiger partial charge in [-0.05, 0) is 18.1 Å². The molecule has 0 aliphatic heterocycles. The van der Waals surface area contributed by atoms with Crippen LogP contribution in [0.25, 0.3) is 0 Å². The van der Waals surface area contributed by atoms with E-state index in [0.29, 0.717) is 5.75 Å². The van der Waals surface area contributed by atoms with Crippen LogP contribution in [-0.2, 0) is 9.53 Å². The van der Waals surface area contributed by atoms with Crippen molar-refractivity contribution < 1.29 is 9.53 Å². The molecular weight excluding hydrogens is 268 g/mol. The number of benzene rings is 1. The van der Waals surface area contributed by atoms with Gasteiger partial charge < -0.3 is 4.74 Å². The van der Waals surface area contributed by atoms with E-state index in [4.69, 9.17) is 4.74 Å². The van der Waals surface area contributed by atoms with Gasteiger partial charge in [-0.1, -0.05) is 61.2 Å². The first-order chi connectivity index (χ1) is 9.72. The Morgan fingerprint density at radius 2 is 2.10 bits per heavy atom. The van der Waals surface area contributed by atoms with Crippen molar-refractivity contribution in [3.63, 3.8) is 0 Å². The Bertz CT molecular complexity index is 489. The molecule has 0 fully saturated rings. The lowest BCUT2D eigenvalue weighted by atomic mass is 10.0. The Hall–Kier alpha value is -1.74. The smallest absolute Gasteiger partial charge is 0.315 e. The monoisotopic (exact) mass is 288 g/mol.